The fraction of sp³-hybridized carbons (Fsp3) is 0.444. The number of nitrogens with zero attached hydrogens (tertiary/aromatic N) is 1. The van der Waals surface area contributed by atoms with Gasteiger partial charge in [0.15, 0.2) is 9.84 Å². The predicted octanol–water partition coefficient (Wildman–Crippen LogP) is 2.68. The summed E-state index contributed by atoms with van der Waals surface area (Å²) in [6.07, 6.45) is 0.302. The van der Waals surface area contributed by atoms with Crippen LogP contribution in [0.1, 0.15) is 31.9 Å². The van der Waals surface area contributed by atoms with Crippen molar-refractivity contribution < 1.29 is 27.1 Å². The van der Waals surface area contributed by atoms with Gasteiger partial charge in [-0.2, -0.15) is 0 Å². The highest BCUT2D eigenvalue weighted by molar-refractivity contribution is 9.10. The van der Waals surface area contributed by atoms with Crippen molar-refractivity contribution in [1.82, 2.24) is 10.2 Å². The van der Waals surface area contributed by atoms with Crippen LogP contribution in [0.3, 0.4) is 0 Å². The van der Waals surface area contributed by atoms with Gasteiger partial charge in [-0.15, -0.1) is 0 Å². The highest BCUT2D eigenvalue weighted by Gasteiger charge is 2.42. The molecule has 1 N–H and O–H groups in total. The molecular formula is C18H20BrFN2O5S. The summed E-state index contributed by atoms with van der Waals surface area (Å²) >= 11 is 3.11. The summed E-state index contributed by atoms with van der Waals surface area (Å²) in [4.78, 5) is 26.8. The van der Waals surface area contributed by atoms with Gasteiger partial charge >= 0.3 is 12.0 Å². The number of nitrogens with one attached hydrogen (secondary N) is 1. The first-order valence-electron chi connectivity index (χ1n) is 8.77. The predicted molar refractivity (Wildman–Crippen MR) is 104 cm³/mol. The number of carbonyl (C=O) groups excluding carboxylic acids is 2. The van der Waals surface area contributed by atoms with Crippen LogP contribution in [0.4, 0.5) is 9.18 Å². The van der Waals surface area contributed by atoms with E-state index in [4.69, 9.17) is 4.74 Å². The summed E-state index contributed by atoms with van der Waals surface area (Å²) in [6.45, 7) is 3.41. The fourth-order valence-electron chi connectivity index (χ4n) is 3.59. The summed E-state index contributed by atoms with van der Waals surface area (Å²) in [7, 11) is -3.22. The van der Waals surface area contributed by atoms with E-state index in [0.29, 0.717) is 17.7 Å². The van der Waals surface area contributed by atoms with Crippen LogP contribution in [0.5, 0.6) is 0 Å². The molecule has 2 amide bonds. The number of benzene rings is 1. The lowest BCUT2D eigenvalue weighted by Crippen LogP contribution is -2.52. The first-order valence-corrected chi connectivity index (χ1v) is 11.4. The van der Waals surface area contributed by atoms with E-state index in [9.17, 15) is 22.4 Å². The summed E-state index contributed by atoms with van der Waals surface area (Å²) < 4.78 is 42.7. The number of carbonyl (C=O) groups is 2. The van der Waals surface area contributed by atoms with E-state index in [2.05, 4.69) is 21.2 Å². The van der Waals surface area contributed by atoms with E-state index in [-0.39, 0.29) is 28.2 Å². The van der Waals surface area contributed by atoms with E-state index in [1.807, 2.05) is 0 Å². The van der Waals surface area contributed by atoms with Crippen molar-refractivity contribution in [3.8, 4) is 0 Å². The highest BCUT2D eigenvalue weighted by Crippen LogP contribution is 2.35. The van der Waals surface area contributed by atoms with Crippen molar-refractivity contribution in [2.24, 2.45) is 0 Å². The molecule has 28 heavy (non-hydrogen) atoms. The monoisotopic (exact) mass is 474 g/mol. The fourth-order valence-corrected chi connectivity index (χ4v) is 5.69. The van der Waals surface area contributed by atoms with Gasteiger partial charge < -0.3 is 10.1 Å². The molecule has 1 aromatic carbocycles. The Kier molecular flexibility index (Phi) is 5.81. The quantitative estimate of drug-likeness (QED) is 0.677. The van der Waals surface area contributed by atoms with Gasteiger partial charge in [0, 0.05) is 5.70 Å². The molecule has 1 saturated heterocycles. The van der Waals surface area contributed by atoms with Crippen molar-refractivity contribution in [2.75, 3.05) is 18.1 Å². The van der Waals surface area contributed by atoms with Crippen molar-refractivity contribution in [3.63, 3.8) is 0 Å². The molecule has 2 heterocycles. The maximum Gasteiger partial charge on any atom is 0.338 e. The Morgan fingerprint density at radius 1 is 1.43 bits per heavy atom. The molecule has 0 radical (unpaired) electrons. The second-order valence-corrected chi connectivity index (χ2v) is 9.79. The molecule has 1 fully saturated rings. The van der Waals surface area contributed by atoms with Gasteiger partial charge in [-0.1, -0.05) is 6.07 Å². The molecular weight excluding hydrogens is 455 g/mol. The van der Waals surface area contributed by atoms with Crippen LogP contribution in [-0.2, 0) is 19.4 Å². The molecule has 0 aromatic heterocycles. The first kappa shape index (κ1) is 20.8. The number of hydrogen-bond donors (Lipinski definition) is 1. The van der Waals surface area contributed by atoms with Crippen LogP contribution < -0.4 is 5.32 Å². The second-order valence-electron chi connectivity index (χ2n) is 6.70. The Morgan fingerprint density at radius 2 is 2.14 bits per heavy atom. The lowest BCUT2D eigenvalue weighted by molar-refractivity contribution is -0.139. The normalized spacial score (nSPS) is 24.3. The summed E-state index contributed by atoms with van der Waals surface area (Å²) in [5.41, 5.74) is 1.04. The van der Waals surface area contributed by atoms with Gasteiger partial charge in [0.05, 0.1) is 40.2 Å². The van der Waals surface area contributed by atoms with Crippen LogP contribution in [0.15, 0.2) is 33.9 Å². The molecule has 2 atom stereocenters. The second kappa shape index (κ2) is 7.82. The van der Waals surface area contributed by atoms with Crippen LogP contribution in [0, 0.1) is 5.82 Å². The number of rotatable bonds is 4. The summed E-state index contributed by atoms with van der Waals surface area (Å²) in [5.74, 6) is -1.24. The molecule has 0 aliphatic carbocycles. The molecule has 3 rings (SSSR count). The Bertz CT molecular complexity index is 963. The van der Waals surface area contributed by atoms with Gasteiger partial charge in [-0.05, 0) is 53.9 Å². The van der Waals surface area contributed by atoms with Crippen molar-refractivity contribution in [1.29, 1.82) is 0 Å². The van der Waals surface area contributed by atoms with Gasteiger partial charge in [0.2, 0.25) is 0 Å². The van der Waals surface area contributed by atoms with E-state index >= 15 is 0 Å². The number of esters is 1. The Labute approximate surface area is 171 Å². The van der Waals surface area contributed by atoms with Gasteiger partial charge in [0.25, 0.3) is 0 Å². The van der Waals surface area contributed by atoms with E-state index in [1.54, 1.807) is 13.8 Å². The van der Waals surface area contributed by atoms with Crippen LogP contribution in [-0.4, -0.2) is 49.5 Å². The SMILES string of the molecule is CCOC(=O)C1=C(C)N([C@@H]2CCS(=O)(=O)C2)C(=O)N[C@H]1c1ccc(F)c(Br)c1. The molecule has 2 aliphatic rings. The van der Waals surface area contributed by atoms with Gasteiger partial charge in [-0.25, -0.2) is 22.4 Å². The first-order chi connectivity index (χ1) is 13.1. The molecule has 1 aromatic rings. The van der Waals surface area contributed by atoms with E-state index in [0.717, 1.165) is 0 Å². The maximum atomic E-state index is 13.6. The van der Waals surface area contributed by atoms with E-state index in [1.165, 1.54) is 23.1 Å². The molecule has 152 valence electrons. The number of sulfone groups is 1. The smallest absolute Gasteiger partial charge is 0.338 e. The summed E-state index contributed by atoms with van der Waals surface area (Å²) in [5, 5.41) is 2.74. The minimum atomic E-state index is -3.22. The third-order valence-electron chi connectivity index (χ3n) is 4.87. The number of amides is 2. The minimum Gasteiger partial charge on any atom is -0.463 e. The molecule has 0 saturated carbocycles. The lowest BCUT2D eigenvalue weighted by Gasteiger charge is -2.38. The maximum absolute atomic E-state index is 13.6. The average molecular weight is 475 g/mol. The van der Waals surface area contributed by atoms with Crippen molar-refractivity contribution in [2.45, 2.75) is 32.4 Å². The van der Waals surface area contributed by atoms with Crippen molar-refractivity contribution >= 4 is 37.8 Å². The van der Waals surface area contributed by atoms with Crippen molar-refractivity contribution in [3.05, 3.63) is 45.3 Å². The average Bonchev–Trinajstić information content (AvgIpc) is 2.96. The number of urea groups is 1. The molecule has 7 nitrogen and oxygen atoms in total. The largest absolute Gasteiger partial charge is 0.463 e. The zero-order valence-electron chi connectivity index (χ0n) is 15.4. The third-order valence-corrected chi connectivity index (χ3v) is 7.23. The number of hydrogen-bond acceptors (Lipinski definition) is 5. The zero-order chi connectivity index (χ0) is 20.6. The van der Waals surface area contributed by atoms with Crippen LogP contribution >= 0.6 is 15.9 Å². The number of ether oxygens (including phenoxy) is 1. The van der Waals surface area contributed by atoms with Crippen LogP contribution in [0.25, 0.3) is 0 Å². The Morgan fingerprint density at radius 3 is 2.71 bits per heavy atom. The standard InChI is InChI=1S/C18H20BrFN2O5S/c1-3-27-17(23)15-10(2)22(12-6-7-28(25,26)9-12)18(24)21-16(15)11-4-5-14(20)13(19)8-11/h4-5,8,12,16H,3,6-7,9H2,1-2H3,(H,21,24)/t12-,16+/m1/s1. The number of allylic oxidation sites excluding steroid dienone is 1. The van der Waals surface area contributed by atoms with Gasteiger partial charge in [-0.3, -0.25) is 4.90 Å². The third kappa shape index (κ3) is 3.93. The molecule has 10 heteroatoms. The lowest BCUT2D eigenvalue weighted by atomic mass is 9.94. The van der Waals surface area contributed by atoms with E-state index < -0.39 is 39.7 Å². The minimum absolute atomic E-state index is 0.00218. The Hall–Kier alpha value is -1.94. The van der Waals surface area contributed by atoms with Gasteiger partial charge in [0.1, 0.15) is 5.82 Å². The molecule has 0 unspecified atom stereocenters. The molecule has 0 bridgehead atoms. The molecule has 2 aliphatic heterocycles. The number of halogens is 2. The molecule has 0 spiro atoms. The zero-order valence-corrected chi connectivity index (χ0v) is 17.8. The topological polar surface area (TPSA) is 92.8 Å². The Balaban J connectivity index is 2.07. The van der Waals surface area contributed by atoms with Crippen LogP contribution in [0.2, 0.25) is 0 Å². The highest BCUT2D eigenvalue weighted by atomic mass is 79.9. The summed E-state index contributed by atoms with van der Waals surface area (Å²) in [6, 6.07) is 2.32.